The molecule has 26 heavy (non-hydrogen) atoms. The minimum absolute atomic E-state index is 0.205. The van der Waals surface area contributed by atoms with Gasteiger partial charge in [-0.2, -0.15) is 0 Å². The molecule has 2 fully saturated rings. The van der Waals surface area contributed by atoms with Crippen LogP contribution in [-0.4, -0.2) is 68.9 Å². The van der Waals surface area contributed by atoms with Crippen molar-refractivity contribution in [1.82, 2.24) is 15.5 Å². The highest BCUT2D eigenvalue weighted by Gasteiger charge is 2.31. The van der Waals surface area contributed by atoms with E-state index in [0.29, 0.717) is 25.8 Å². The summed E-state index contributed by atoms with van der Waals surface area (Å²) < 4.78 is 16.8. The second kappa shape index (κ2) is 10.5. The minimum Gasteiger partial charge on any atom is -0.467 e. The number of nitrogens with zero attached hydrogens (tertiary/aromatic N) is 2. The molecule has 1 aromatic rings. The number of fused-ring (bicyclic) bond motifs is 1. The highest BCUT2D eigenvalue weighted by Crippen LogP contribution is 2.22. The molecule has 0 radical (unpaired) electrons. The molecule has 0 saturated carbocycles. The van der Waals surface area contributed by atoms with Gasteiger partial charge in [-0.1, -0.05) is 0 Å². The zero-order valence-corrected chi connectivity index (χ0v) is 15.8. The zero-order chi connectivity index (χ0) is 18.0. The summed E-state index contributed by atoms with van der Waals surface area (Å²) in [7, 11) is 0. The monoisotopic (exact) mass is 364 g/mol. The van der Waals surface area contributed by atoms with E-state index in [1.807, 2.05) is 12.1 Å². The molecular formula is C19H32N4O3. The van der Waals surface area contributed by atoms with Crippen LogP contribution in [0.2, 0.25) is 0 Å². The first-order valence-corrected chi connectivity index (χ1v) is 9.83. The third-order valence-corrected chi connectivity index (χ3v) is 4.84. The standard InChI is InChI=1S/C19H32N4O3/c1-2-20-19(21-8-5-10-24-15-17-7-4-11-25-17)22-12-18-13-23-9-3-6-16(23)14-26-18/h4,7,11,16,18H,2-3,5-6,8-10,12-15H2,1H3,(H2,20,21,22). The van der Waals surface area contributed by atoms with Gasteiger partial charge in [0.05, 0.1) is 25.5 Å². The van der Waals surface area contributed by atoms with E-state index in [1.54, 1.807) is 6.26 Å². The Morgan fingerprint density at radius 1 is 1.42 bits per heavy atom. The van der Waals surface area contributed by atoms with E-state index in [0.717, 1.165) is 44.4 Å². The van der Waals surface area contributed by atoms with Crippen molar-refractivity contribution in [3.63, 3.8) is 0 Å². The fourth-order valence-corrected chi connectivity index (χ4v) is 3.48. The molecule has 2 aliphatic heterocycles. The predicted molar refractivity (Wildman–Crippen MR) is 101 cm³/mol. The lowest BCUT2D eigenvalue weighted by Crippen LogP contribution is -2.47. The van der Waals surface area contributed by atoms with Gasteiger partial charge < -0.3 is 24.5 Å². The Labute approximate surface area is 156 Å². The number of furan rings is 1. The van der Waals surface area contributed by atoms with Crippen LogP contribution in [0.3, 0.4) is 0 Å². The quantitative estimate of drug-likeness (QED) is 0.394. The number of hydrogen-bond acceptors (Lipinski definition) is 5. The summed E-state index contributed by atoms with van der Waals surface area (Å²) in [4.78, 5) is 7.25. The summed E-state index contributed by atoms with van der Waals surface area (Å²) in [6.45, 7) is 8.75. The first kappa shape index (κ1) is 19.2. The van der Waals surface area contributed by atoms with Crippen LogP contribution in [0.25, 0.3) is 0 Å². The molecule has 2 atom stereocenters. The normalized spacial score (nSPS) is 23.8. The fourth-order valence-electron chi connectivity index (χ4n) is 3.48. The van der Waals surface area contributed by atoms with E-state index in [-0.39, 0.29) is 6.10 Å². The van der Waals surface area contributed by atoms with Crippen molar-refractivity contribution in [2.24, 2.45) is 4.99 Å². The number of aliphatic imine (C=N–C) groups is 1. The van der Waals surface area contributed by atoms with E-state index in [9.17, 15) is 0 Å². The van der Waals surface area contributed by atoms with Gasteiger partial charge in [0.25, 0.3) is 0 Å². The van der Waals surface area contributed by atoms with Gasteiger partial charge in [-0.05, 0) is 44.9 Å². The first-order chi connectivity index (χ1) is 12.8. The summed E-state index contributed by atoms with van der Waals surface area (Å²) in [6, 6.07) is 4.44. The van der Waals surface area contributed by atoms with Crippen LogP contribution in [0, 0.1) is 0 Å². The SMILES string of the molecule is CCNC(=NCC1CN2CCCC2CO1)NCCCOCc1ccco1. The number of rotatable bonds is 9. The molecule has 2 aliphatic rings. The maximum Gasteiger partial charge on any atom is 0.191 e. The van der Waals surface area contributed by atoms with Gasteiger partial charge in [0, 0.05) is 32.3 Å². The van der Waals surface area contributed by atoms with Crippen LogP contribution >= 0.6 is 0 Å². The Kier molecular flexibility index (Phi) is 7.79. The van der Waals surface area contributed by atoms with Gasteiger partial charge in [-0.15, -0.1) is 0 Å². The van der Waals surface area contributed by atoms with Gasteiger partial charge in [0.1, 0.15) is 12.4 Å². The summed E-state index contributed by atoms with van der Waals surface area (Å²) in [5.41, 5.74) is 0. The first-order valence-electron chi connectivity index (χ1n) is 9.83. The van der Waals surface area contributed by atoms with Crippen molar-refractivity contribution in [1.29, 1.82) is 0 Å². The Bertz CT molecular complexity index is 535. The molecule has 2 N–H and O–H groups in total. The van der Waals surface area contributed by atoms with Crippen LogP contribution in [0.1, 0.15) is 31.9 Å². The molecule has 1 aromatic heterocycles. The lowest BCUT2D eigenvalue weighted by molar-refractivity contribution is -0.0432. The van der Waals surface area contributed by atoms with Crippen LogP contribution in [0.15, 0.2) is 27.8 Å². The van der Waals surface area contributed by atoms with E-state index < -0.39 is 0 Å². The predicted octanol–water partition coefficient (Wildman–Crippen LogP) is 1.60. The number of hydrogen-bond donors (Lipinski definition) is 2. The summed E-state index contributed by atoms with van der Waals surface area (Å²) >= 11 is 0. The highest BCUT2D eigenvalue weighted by molar-refractivity contribution is 5.79. The van der Waals surface area contributed by atoms with Crippen LogP contribution in [0.4, 0.5) is 0 Å². The van der Waals surface area contributed by atoms with E-state index in [4.69, 9.17) is 18.9 Å². The van der Waals surface area contributed by atoms with Crippen LogP contribution in [0.5, 0.6) is 0 Å². The topological polar surface area (TPSA) is 71.3 Å². The smallest absolute Gasteiger partial charge is 0.191 e. The average molecular weight is 364 g/mol. The van der Waals surface area contributed by atoms with E-state index in [1.165, 1.54) is 19.4 Å². The number of ether oxygens (including phenoxy) is 2. The summed E-state index contributed by atoms with van der Waals surface area (Å²) in [5.74, 6) is 1.71. The lowest BCUT2D eigenvalue weighted by atomic mass is 10.2. The lowest BCUT2D eigenvalue weighted by Gasteiger charge is -2.34. The summed E-state index contributed by atoms with van der Waals surface area (Å²) in [6.07, 6.45) is 5.37. The van der Waals surface area contributed by atoms with E-state index >= 15 is 0 Å². The second-order valence-electron chi connectivity index (χ2n) is 6.88. The second-order valence-corrected chi connectivity index (χ2v) is 6.88. The molecular weight excluding hydrogens is 332 g/mol. The zero-order valence-electron chi connectivity index (χ0n) is 15.8. The Hall–Kier alpha value is -1.57. The molecule has 0 bridgehead atoms. The van der Waals surface area contributed by atoms with Crippen LogP contribution in [-0.2, 0) is 16.1 Å². The van der Waals surface area contributed by atoms with Crippen LogP contribution < -0.4 is 10.6 Å². The highest BCUT2D eigenvalue weighted by atomic mass is 16.5. The van der Waals surface area contributed by atoms with E-state index in [2.05, 4.69) is 22.5 Å². The summed E-state index contributed by atoms with van der Waals surface area (Å²) in [5, 5.41) is 6.66. The van der Waals surface area contributed by atoms with Crippen molar-refractivity contribution >= 4 is 5.96 Å². The third kappa shape index (κ3) is 6.00. The van der Waals surface area contributed by atoms with Crippen molar-refractivity contribution in [3.05, 3.63) is 24.2 Å². The molecule has 2 saturated heterocycles. The molecule has 0 spiro atoms. The van der Waals surface area contributed by atoms with Gasteiger partial charge >= 0.3 is 0 Å². The maximum atomic E-state index is 5.98. The average Bonchev–Trinajstić information content (AvgIpc) is 3.33. The van der Waals surface area contributed by atoms with Gasteiger partial charge in [0.2, 0.25) is 0 Å². The fraction of sp³-hybridized carbons (Fsp3) is 0.737. The largest absolute Gasteiger partial charge is 0.467 e. The maximum absolute atomic E-state index is 5.98. The van der Waals surface area contributed by atoms with Crippen molar-refractivity contribution in [3.8, 4) is 0 Å². The van der Waals surface area contributed by atoms with Crippen molar-refractivity contribution < 1.29 is 13.9 Å². The number of nitrogens with one attached hydrogen (secondary N) is 2. The molecule has 0 amide bonds. The van der Waals surface area contributed by atoms with Gasteiger partial charge in [-0.25, -0.2) is 0 Å². The van der Waals surface area contributed by atoms with Gasteiger partial charge in [0.15, 0.2) is 5.96 Å². The molecule has 0 aromatic carbocycles. The molecule has 3 heterocycles. The Balaban J connectivity index is 1.31. The molecule has 7 heteroatoms. The van der Waals surface area contributed by atoms with Crippen molar-refractivity contribution in [2.45, 2.75) is 44.9 Å². The molecule has 146 valence electrons. The molecule has 7 nitrogen and oxygen atoms in total. The Morgan fingerprint density at radius 2 is 2.38 bits per heavy atom. The molecule has 0 aliphatic carbocycles. The molecule has 2 unspecified atom stereocenters. The number of guanidine groups is 1. The third-order valence-electron chi connectivity index (χ3n) is 4.84. The number of morpholine rings is 1. The van der Waals surface area contributed by atoms with Gasteiger partial charge in [-0.3, -0.25) is 9.89 Å². The minimum atomic E-state index is 0.205. The van der Waals surface area contributed by atoms with Crippen molar-refractivity contribution in [2.75, 3.05) is 45.9 Å². The Morgan fingerprint density at radius 3 is 3.23 bits per heavy atom. The molecule has 3 rings (SSSR count).